The molecule has 160 valence electrons. The molecule has 2 aromatic heterocycles. The Morgan fingerprint density at radius 3 is 2.40 bits per heavy atom. The molecule has 1 aromatic carbocycles. The Balaban J connectivity index is 1.42. The summed E-state index contributed by atoms with van der Waals surface area (Å²) >= 11 is 5.51. The van der Waals surface area contributed by atoms with Gasteiger partial charge in [0.15, 0.2) is 5.65 Å². The summed E-state index contributed by atoms with van der Waals surface area (Å²) < 4.78 is 32.0. The summed E-state index contributed by atoms with van der Waals surface area (Å²) in [6, 6.07) is 13.1. The van der Waals surface area contributed by atoms with Gasteiger partial charge >= 0.3 is 0 Å². The number of sulfonamides is 1. The van der Waals surface area contributed by atoms with Gasteiger partial charge in [0.2, 0.25) is 14.8 Å². The maximum atomic E-state index is 13.0. The summed E-state index contributed by atoms with van der Waals surface area (Å²) in [6.45, 7) is 7.02. The van der Waals surface area contributed by atoms with E-state index in [2.05, 4.69) is 23.8 Å². The standard InChI is InChI=1S/C21H27N5O2S2/c1-3-17(2)18-7-9-19(10-8-18)30(27,28)24-14-12-23(13-15-24)16-26-21(29)25-11-5-4-6-20(25)22-26/h4-11,17H,3,12-16H2,1-2H3. The minimum absolute atomic E-state index is 0.366. The molecule has 0 N–H and O–H groups in total. The summed E-state index contributed by atoms with van der Waals surface area (Å²) in [5.41, 5.74) is 1.98. The lowest BCUT2D eigenvalue weighted by Crippen LogP contribution is -2.48. The molecule has 9 heteroatoms. The zero-order valence-corrected chi connectivity index (χ0v) is 18.9. The number of hydrogen-bond donors (Lipinski definition) is 0. The lowest BCUT2D eigenvalue weighted by molar-refractivity contribution is 0.145. The van der Waals surface area contributed by atoms with Gasteiger partial charge in [0.25, 0.3) is 0 Å². The third-order valence-electron chi connectivity index (χ3n) is 5.85. The predicted molar refractivity (Wildman–Crippen MR) is 119 cm³/mol. The lowest BCUT2D eigenvalue weighted by Gasteiger charge is -2.33. The van der Waals surface area contributed by atoms with E-state index in [-0.39, 0.29) is 0 Å². The number of fused-ring (bicyclic) bond motifs is 1. The second kappa shape index (κ2) is 8.58. The van der Waals surface area contributed by atoms with E-state index in [0.29, 0.717) is 48.4 Å². The summed E-state index contributed by atoms with van der Waals surface area (Å²) in [4.78, 5) is 2.55. The molecule has 1 fully saturated rings. The van der Waals surface area contributed by atoms with Crippen LogP contribution in [0.15, 0.2) is 53.6 Å². The van der Waals surface area contributed by atoms with Crippen LogP contribution in [-0.4, -0.2) is 58.0 Å². The third-order valence-corrected chi connectivity index (χ3v) is 8.17. The van der Waals surface area contributed by atoms with Crippen molar-refractivity contribution in [3.8, 4) is 0 Å². The van der Waals surface area contributed by atoms with E-state index in [1.807, 2.05) is 40.9 Å². The summed E-state index contributed by atoms with van der Waals surface area (Å²) in [6.07, 6.45) is 2.93. The van der Waals surface area contributed by atoms with Gasteiger partial charge in [-0.25, -0.2) is 13.1 Å². The van der Waals surface area contributed by atoms with Crippen LogP contribution in [0, 0.1) is 4.77 Å². The van der Waals surface area contributed by atoms with E-state index in [9.17, 15) is 8.42 Å². The van der Waals surface area contributed by atoms with Crippen LogP contribution in [-0.2, 0) is 16.7 Å². The van der Waals surface area contributed by atoms with Gasteiger partial charge in [-0.3, -0.25) is 9.30 Å². The first kappa shape index (κ1) is 21.2. The largest absolute Gasteiger partial charge is 0.282 e. The van der Waals surface area contributed by atoms with Gasteiger partial charge in [-0.2, -0.15) is 9.40 Å². The highest BCUT2D eigenvalue weighted by atomic mass is 32.2. The summed E-state index contributed by atoms with van der Waals surface area (Å²) in [5.74, 6) is 0.427. The molecule has 4 rings (SSSR count). The molecule has 3 aromatic rings. The molecule has 7 nitrogen and oxygen atoms in total. The number of hydrogen-bond acceptors (Lipinski definition) is 5. The van der Waals surface area contributed by atoms with E-state index < -0.39 is 10.0 Å². The van der Waals surface area contributed by atoms with Crippen LogP contribution < -0.4 is 0 Å². The number of rotatable bonds is 6. The number of benzene rings is 1. The molecule has 0 saturated carbocycles. The van der Waals surface area contributed by atoms with Crippen LogP contribution in [0.2, 0.25) is 0 Å². The van der Waals surface area contributed by atoms with Crippen molar-refractivity contribution in [3.63, 3.8) is 0 Å². The average Bonchev–Trinajstić information content (AvgIpc) is 3.09. The molecule has 0 spiro atoms. The van der Waals surface area contributed by atoms with E-state index >= 15 is 0 Å². The highest BCUT2D eigenvalue weighted by molar-refractivity contribution is 7.89. The van der Waals surface area contributed by atoms with Crippen molar-refractivity contribution >= 4 is 27.9 Å². The Labute approximate surface area is 182 Å². The highest BCUT2D eigenvalue weighted by Crippen LogP contribution is 2.23. The fraction of sp³-hybridized carbons (Fsp3) is 0.429. The maximum absolute atomic E-state index is 13.0. The van der Waals surface area contributed by atoms with Crippen LogP contribution in [0.5, 0.6) is 0 Å². The second-order valence-corrected chi connectivity index (χ2v) is 10.1. The molecular formula is C21H27N5O2S2. The zero-order chi connectivity index (χ0) is 21.3. The SMILES string of the molecule is CCC(C)c1ccc(S(=O)(=O)N2CCN(Cn3nc4ccccn4c3=S)CC2)cc1. The summed E-state index contributed by atoms with van der Waals surface area (Å²) in [5, 5.41) is 4.55. The number of aromatic nitrogens is 3. The topological polar surface area (TPSA) is 62.9 Å². The Hall–Kier alpha value is -2.07. The normalized spacial score (nSPS) is 17.4. The average molecular weight is 446 g/mol. The molecule has 0 amide bonds. The van der Waals surface area contributed by atoms with Crippen LogP contribution in [0.3, 0.4) is 0 Å². The first-order valence-electron chi connectivity index (χ1n) is 10.3. The molecule has 1 unspecified atom stereocenters. The van der Waals surface area contributed by atoms with Gasteiger partial charge in [-0.15, -0.1) is 0 Å². The van der Waals surface area contributed by atoms with Crippen molar-refractivity contribution in [2.75, 3.05) is 26.2 Å². The Morgan fingerprint density at radius 2 is 1.77 bits per heavy atom. The minimum Gasteiger partial charge on any atom is -0.282 e. The van der Waals surface area contributed by atoms with Crippen LogP contribution in [0.1, 0.15) is 31.7 Å². The molecule has 0 radical (unpaired) electrons. The Bertz CT molecular complexity index is 1180. The van der Waals surface area contributed by atoms with Crippen LogP contribution in [0.25, 0.3) is 5.65 Å². The fourth-order valence-electron chi connectivity index (χ4n) is 3.71. The van der Waals surface area contributed by atoms with E-state index in [4.69, 9.17) is 12.2 Å². The van der Waals surface area contributed by atoms with Crippen molar-refractivity contribution in [2.45, 2.75) is 37.8 Å². The monoisotopic (exact) mass is 445 g/mol. The number of piperazine rings is 1. The fourth-order valence-corrected chi connectivity index (χ4v) is 5.39. The van der Waals surface area contributed by atoms with Crippen molar-refractivity contribution in [3.05, 3.63) is 59.0 Å². The first-order valence-corrected chi connectivity index (χ1v) is 12.1. The van der Waals surface area contributed by atoms with Crippen LogP contribution >= 0.6 is 12.2 Å². The van der Waals surface area contributed by atoms with Gasteiger partial charge in [-0.05, 0) is 54.4 Å². The van der Waals surface area contributed by atoms with Gasteiger partial charge in [-0.1, -0.05) is 32.0 Å². The van der Waals surface area contributed by atoms with E-state index in [1.54, 1.807) is 21.1 Å². The van der Waals surface area contributed by atoms with Crippen molar-refractivity contribution in [1.82, 2.24) is 23.4 Å². The third kappa shape index (κ3) is 4.07. The Kier molecular flexibility index (Phi) is 6.06. The molecule has 0 bridgehead atoms. The molecule has 1 aliphatic heterocycles. The number of pyridine rings is 1. The minimum atomic E-state index is -3.48. The molecule has 1 aliphatic rings. The summed E-state index contributed by atoms with van der Waals surface area (Å²) in [7, 11) is -3.48. The van der Waals surface area contributed by atoms with Crippen LogP contribution in [0.4, 0.5) is 0 Å². The maximum Gasteiger partial charge on any atom is 0.243 e. The predicted octanol–water partition coefficient (Wildman–Crippen LogP) is 3.34. The van der Waals surface area contributed by atoms with Crippen molar-refractivity contribution in [2.24, 2.45) is 0 Å². The van der Waals surface area contributed by atoms with Crippen molar-refractivity contribution < 1.29 is 8.42 Å². The first-order chi connectivity index (χ1) is 14.4. The zero-order valence-electron chi connectivity index (χ0n) is 17.3. The number of nitrogens with zero attached hydrogens (tertiary/aromatic N) is 5. The van der Waals surface area contributed by atoms with Gasteiger partial charge in [0.1, 0.15) is 0 Å². The molecular weight excluding hydrogens is 418 g/mol. The quantitative estimate of drug-likeness (QED) is 0.545. The molecule has 1 atom stereocenters. The smallest absolute Gasteiger partial charge is 0.243 e. The molecule has 1 saturated heterocycles. The lowest BCUT2D eigenvalue weighted by atomic mass is 9.99. The van der Waals surface area contributed by atoms with E-state index in [1.165, 1.54) is 5.56 Å². The van der Waals surface area contributed by atoms with Gasteiger partial charge in [0.05, 0.1) is 11.6 Å². The van der Waals surface area contributed by atoms with E-state index in [0.717, 1.165) is 12.1 Å². The van der Waals surface area contributed by atoms with Gasteiger partial charge < -0.3 is 0 Å². The van der Waals surface area contributed by atoms with Crippen molar-refractivity contribution in [1.29, 1.82) is 0 Å². The highest BCUT2D eigenvalue weighted by Gasteiger charge is 2.28. The molecule has 0 aliphatic carbocycles. The molecule has 30 heavy (non-hydrogen) atoms. The molecule has 3 heterocycles. The van der Waals surface area contributed by atoms with Gasteiger partial charge in [0, 0.05) is 32.4 Å². The Morgan fingerprint density at radius 1 is 1.07 bits per heavy atom. The second-order valence-electron chi connectivity index (χ2n) is 7.75.